The Labute approximate surface area is 158 Å². The van der Waals surface area contributed by atoms with Crippen LogP contribution in [0.1, 0.15) is 20.8 Å². The largest absolute Gasteiger partial charge is 0.482 e. The number of carbonyl (C=O) groups is 2. The summed E-state index contributed by atoms with van der Waals surface area (Å²) in [7, 11) is -3.75. The van der Waals surface area contributed by atoms with Crippen molar-refractivity contribution in [2.45, 2.75) is 31.3 Å². The fourth-order valence-electron chi connectivity index (χ4n) is 2.81. The Morgan fingerprint density at radius 3 is 2.48 bits per heavy atom. The normalized spacial score (nSPS) is 18.3. The predicted molar refractivity (Wildman–Crippen MR) is 97.1 cm³/mol. The number of amides is 2. The molecule has 1 saturated heterocycles. The van der Waals surface area contributed by atoms with Crippen LogP contribution >= 0.6 is 0 Å². The van der Waals surface area contributed by atoms with Crippen LogP contribution in [-0.2, 0) is 19.6 Å². The zero-order valence-electron chi connectivity index (χ0n) is 15.5. The minimum absolute atomic E-state index is 0.0674. The van der Waals surface area contributed by atoms with Gasteiger partial charge in [0.1, 0.15) is 11.4 Å². The second-order valence-corrected chi connectivity index (χ2v) is 9.30. The zero-order chi connectivity index (χ0) is 19.8. The maximum Gasteiger partial charge on any atom is 0.410 e. The van der Waals surface area contributed by atoms with Gasteiger partial charge in [0.25, 0.3) is 5.91 Å². The van der Waals surface area contributed by atoms with Gasteiger partial charge in [-0.2, -0.15) is 4.31 Å². The summed E-state index contributed by atoms with van der Waals surface area (Å²) < 4.78 is 37.7. The summed E-state index contributed by atoms with van der Waals surface area (Å²) in [4.78, 5) is 25.1. The van der Waals surface area contributed by atoms with E-state index in [9.17, 15) is 18.0 Å². The van der Waals surface area contributed by atoms with E-state index in [2.05, 4.69) is 5.32 Å². The highest BCUT2D eigenvalue weighted by atomic mass is 32.2. The molecule has 0 bridgehead atoms. The van der Waals surface area contributed by atoms with Crippen LogP contribution in [0.5, 0.6) is 5.75 Å². The topological polar surface area (TPSA) is 105 Å². The molecule has 0 spiro atoms. The van der Waals surface area contributed by atoms with Crippen LogP contribution in [0.15, 0.2) is 23.1 Å². The SMILES string of the molecule is CC(C)(C)OC(=O)N1CCN(S(=O)(=O)c2ccc3c(c2)NC(=O)CO3)CC1. The number of benzene rings is 1. The Morgan fingerprint density at radius 1 is 1.19 bits per heavy atom. The Morgan fingerprint density at radius 2 is 1.85 bits per heavy atom. The molecule has 0 aromatic heterocycles. The lowest BCUT2D eigenvalue weighted by Gasteiger charge is -2.35. The van der Waals surface area contributed by atoms with E-state index in [4.69, 9.17) is 9.47 Å². The van der Waals surface area contributed by atoms with Crippen molar-refractivity contribution >= 4 is 27.7 Å². The number of piperazine rings is 1. The Bertz CT molecular complexity index is 854. The van der Waals surface area contributed by atoms with E-state index < -0.39 is 21.7 Å². The smallest absolute Gasteiger partial charge is 0.410 e. The molecule has 3 rings (SSSR count). The van der Waals surface area contributed by atoms with Crippen LogP contribution in [0.2, 0.25) is 0 Å². The second-order valence-electron chi connectivity index (χ2n) is 7.37. The third kappa shape index (κ3) is 4.33. The fourth-order valence-corrected chi connectivity index (χ4v) is 4.26. The highest BCUT2D eigenvalue weighted by Crippen LogP contribution is 2.31. The Kier molecular flexibility index (Phi) is 5.04. The van der Waals surface area contributed by atoms with Crippen molar-refractivity contribution < 1.29 is 27.5 Å². The number of carbonyl (C=O) groups excluding carboxylic acids is 2. The summed E-state index contributed by atoms with van der Waals surface area (Å²) in [5, 5.41) is 2.60. The number of nitrogens with one attached hydrogen (secondary N) is 1. The van der Waals surface area contributed by atoms with E-state index in [0.717, 1.165) is 0 Å². The monoisotopic (exact) mass is 397 g/mol. The standard InChI is InChI=1S/C17H23N3O6S/c1-17(2,3)26-16(22)19-6-8-20(9-7-19)27(23,24)12-4-5-14-13(10-12)18-15(21)11-25-14/h4-5,10H,6-9,11H2,1-3H3,(H,18,21). The molecule has 1 aromatic carbocycles. The van der Waals surface area contributed by atoms with Gasteiger partial charge in [0.05, 0.1) is 10.6 Å². The van der Waals surface area contributed by atoms with Crippen molar-refractivity contribution in [3.05, 3.63) is 18.2 Å². The molecule has 0 radical (unpaired) electrons. The van der Waals surface area contributed by atoms with Crippen molar-refractivity contribution in [1.82, 2.24) is 9.21 Å². The summed E-state index contributed by atoms with van der Waals surface area (Å²) in [6.45, 7) is 6.09. The van der Waals surface area contributed by atoms with Gasteiger partial charge in [-0.3, -0.25) is 4.79 Å². The molecule has 2 aliphatic heterocycles. The van der Waals surface area contributed by atoms with Crippen molar-refractivity contribution in [3.8, 4) is 5.75 Å². The van der Waals surface area contributed by atoms with Gasteiger partial charge in [0.15, 0.2) is 6.61 Å². The van der Waals surface area contributed by atoms with Crippen LogP contribution in [-0.4, -0.2) is 68.0 Å². The first kappa shape index (κ1) is 19.4. The van der Waals surface area contributed by atoms with E-state index in [1.807, 2.05) is 0 Å². The van der Waals surface area contributed by atoms with Crippen molar-refractivity contribution in [1.29, 1.82) is 0 Å². The quantitative estimate of drug-likeness (QED) is 0.805. The molecule has 2 heterocycles. The van der Waals surface area contributed by atoms with E-state index in [-0.39, 0.29) is 43.6 Å². The van der Waals surface area contributed by atoms with Gasteiger partial charge in [-0.15, -0.1) is 0 Å². The first-order chi connectivity index (χ1) is 12.6. The van der Waals surface area contributed by atoms with Crippen LogP contribution in [0.3, 0.4) is 0 Å². The van der Waals surface area contributed by atoms with Gasteiger partial charge in [0.2, 0.25) is 10.0 Å². The molecule has 1 aromatic rings. The Balaban J connectivity index is 1.70. The minimum Gasteiger partial charge on any atom is -0.482 e. The molecule has 10 heteroatoms. The number of hydrogen-bond acceptors (Lipinski definition) is 6. The van der Waals surface area contributed by atoms with E-state index in [1.54, 1.807) is 20.8 Å². The van der Waals surface area contributed by atoms with E-state index >= 15 is 0 Å². The number of ether oxygens (including phenoxy) is 2. The number of anilines is 1. The number of fused-ring (bicyclic) bond motifs is 1. The molecular weight excluding hydrogens is 374 g/mol. The highest BCUT2D eigenvalue weighted by Gasteiger charge is 2.32. The minimum atomic E-state index is -3.75. The van der Waals surface area contributed by atoms with Crippen LogP contribution in [0.4, 0.5) is 10.5 Å². The lowest BCUT2D eigenvalue weighted by Crippen LogP contribution is -2.51. The summed E-state index contributed by atoms with van der Waals surface area (Å²) in [5.74, 6) is 0.103. The average Bonchev–Trinajstić information content (AvgIpc) is 2.59. The molecule has 0 saturated carbocycles. The molecule has 2 aliphatic rings. The van der Waals surface area contributed by atoms with Gasteiger partial charge in [-0.05, 0) is 39.0 Å². The third-order valence-electron chi connectivity index (χ3n) is 4.11. The summed E-state index contributed by atoms with van der Waals surface area (Å²) in [6.07, 6.45) is -0.451. The molecule has 27 heavy (non-hydrogen) atoms. The lowest BCUT2D eigenvalue weighted by molar-refractivity contribution is -0.118. The van der Waals surface area contributed by atoms with Crippen LogP contribution in [0, 0.1) is 0 Å². The van der Waals surface area contributed by atoms with Crippen LogP contribution in [0.25, 0.3) is 0 Å². The van der Waals surface area contributed by atoms with Gasteiger partial charge in [0, 0.05) is 26.2 Å². The van der Waals surface area contributed by atoms with Crippen molar-refractivity contribution in [2.24, 2.45) is 0 Å². The van der Waals surface area contributed by atoms with E-state index in [0.29, 0.717) is 11.4 Å². The maximum absolute atomic E-state index is 12.9. The van der Waals surface area contributed by atoms with Crippen molar-refractivity contribution in [3.63, 3.8) is 0 Å². The summed E-state index contributed by atoms with van der Waals surface area (Å²) >= 11 is 0. The molecule has 0 unspecified atom stereocenters. The zero-order valence-corrected chi connectivity index (χ0v) is 16.3. The molecule has 1 N–H and O–H groups in total. The van der Waals surface area contributed by atoms with Gasteiger partial charge in [-0.1, -0.05) is 0 Å². The maximum atomic E-state index is 12.9. The third-order valence-corrected chi connectivity index (χ3v) is 6.01. The molecule has 148 valence electrons. The van der Waals surface area contributed by atoms with Gasteiger partial charge in [-0.25, -0.2) is 13.2 Å². The number of hydrogen-bond donors (Lipinski definition) is 1. The lowest BCUT2D eigenvalue weighted by atomic mass is 10.2. The fraction of sp³-hybridized carbons (Fsp3) is 0.529. The van der Waals surface area contributed by atoms with E-state index in [1.165, 1.54) is 27.4 Å². The van der Waals surface area contributed by atoms with Crippen molar-refractivity contribution in [2.75, 3.05) is 38.1 Å². The number of sulfonamides is 1. The van der Waals surface area contributed by atoms with Crippen LogP contribution < -0.4 is 10.1 Å². The predicted octanol–water partition coefficient (Wildman–Crippen LogP) is 1.26. The number of rotatable bonds is 2. The molecule has 0 atom stereocenters. The Hall–Kier alpha value is -2.33. The first-order valence-corrected chi connectivity index (χ1v) is 10.0. The molecule has 2 amide bonds. The molecular formula is C17H23N3O6S. The molecule has 1 fully saturated rings. The average molecular weight is 397 g/mol. The summed E-state index contributed by atoms with van der Waals surface area (Å²) in [5.41, 5.74) is -0.268. The molecule has 0 aliphatic carbocycles. The second kappa shape index (κ2) is 7.01. The number of nitrogens with zero attached hydrogens (tertiary/aromatic N) is 2. The van der Waals surface area contributed by atoms with Gasteiger partial charge >= 0.3 is 6.09 Å². The molecule has 9 nitrogen and oxygen atoms in total. The highest BCUT2D eigenvalue weighted by molar-refractivity contribution is 7.89. The van der Waals surface area contributed by atoms with Gasteiger partial charge < -0.3 is 19.7 Å². The summed E-state index contributed by atoms with van der Waals surface area (Å²) in [6, 6.07) is 4.37. The first-order valence-electron chi connectivity index (χ1n) is 8.61.